The van der Waals surface area contributed by atoms with Crippen LogP contribution in [0.15, 0.2) is 35.3 Å². The molecule has 0 amide bonds. The number of halogens is 3. The second-order valence-electron chi connectivity index (χ2n) is 7.94. The van der Waals surface area contributed by atoms with E-state index in [1.165, 1.54) is 24.3 Å². The van der Waals surface area contributed by atoms with Gasteiger partial charge in [-0.3, -0.25) is 0 Å². The van der Waals surface area contributed by atoms with Gasteiger partial charge in [-0.1, -0.05) is 11.6 Å². The molecule has 2 N–H and O–H groups in total. The number of amidine groups is 1. The van der Waals surface area contributed by atoms with Gasteiger partial charge in [0.05, 0.1) is 19.1 Å². The van der Waals surface area contributed by atoms with Gasteiger partial charge in [0.25, 0.3) is 6.02 Å². The Morgan fingerprint density at radius 3 is 2.76 bits per heavy atom. The van der Waals surface area contributed by atoms with Crippen LogP contribution in [-0.4, -0.2) is 31.4 Å². The van der Waals surface area contributed by atoms with Crippen LogP contribution in [-0.2, 0) is 15.0 Å². The number of aliphatic imine (C=N–C) groups is 1. The van der Waals surface area contributed by atoms with E-state index >= 15 is 4.39 Å². The van der Waals surface area contributed by atoms with Gasteiger partial charge in [0.1, 0.15) is 35.1 Å². The fourth-order valence-electron chi connectivity index (χ4n) is 4.70. The van der Waals surface area contributed by atoms with Crippen molar-refractivity contribution < 1.29 is 23.0 Å². The van der Waals surface area contributed by atoms with Crippen LogP contribution < -0.4 is 10.5 Å². The van der Waals surface area contributed by atoms with Crippen LogP contribution in [0.5, 0.6) is 5.75 Å². The van der Waals surface area contributed by atoms with Crippen molar-refractivity contribution in [1.82, 2.24) is 0 Å². The molecule has 2 aromatic carbocycles. The van der Waals surface area contributed by atoms with E-state index in [0.29, 0.717) is 36.5 Å². The predicted octanol–water partition coefficient (Wildman–Crippen LogP) is 4.01. The number of ether oxygens (including phenoxy) is 3. The van der Waals surface area contributed by atoms with Crippen LogP contribution in [0.2, 0.25) is 5.02 Å². The molecule has 1 fully saturated rings. The average molecular weight is 421 g/mol. The van der Waals surface area contributed by atoms with Gasteiger partial charge in [0.15, 0.2) is 0 Å². The summed E-state index contributed by atoms with van der Waals surface area (Å²) in [5.41, 5.74) is 5.59. The second-order valence-corrected chi connectivity index (χ2v) is 8.38. The first-order valence-corrected chi connectivity index (χ1v) is 9.74. The number of hydrogen-bond acceptors (Lipinski definition) is 5. The minimum atomic E-state index is -0.869. The van der Waals surface area contributed by atoms with Crippen LogP contribution in [0, 0.1) is 17.6 Å². The molecule has 5 rings (SSSR count). The van der Waals surface area contributed by atoms with Crippen LogP contribution >= 0.6 is 11.6 Å². The smallest absolute Gasteiger partial charge is 0.283 e. The molecule has 3 aliphatic heterocycles. The summed E-state index contributed by atoms with van der Waals surface area (Å²) in [6.45, 7) is 3.14. The highest BCUT2D eigenvalue weighted by Crippen LogP contribution is 2.55. The van der Waals surface area contributed by atoms with Crippen molar-refractivity contribution >= 4 is 17.6 Å². The minimum Gasteiger partial charge on any atom is -0.486 e. The van der Waals surface area contributed by atoms with E-state index in [9.17, 15) is 4.39 Å². The van der Waals surface area contributed by atoms with Gasteiger partial charge < -0.3 is 19.9 Å². The maximum atomic E-state index is 15.1. The average Bonchev–Trinajstić information content (AvgIpc) is 3.02. The molecule has 1 spiro atoms. The standard InChI is InChI=1S/C21H19ClF2N2O3/c1-20-2-3-27-9-18(20)21(10-28-19(25)26-21)15-7-14(16(24)8-17(15)29-20)11-4-12(22)6-13(23)5-11/h4-8,18H,2-3,9-10H2,1H3,(H2,25,26)/t18-,20-,21+/m1/s1. The SMILES string of the molecule is C[C@@]12CCOC[C@H]1[C@]1(COC(N)=N1)c1cc(-c3cc(F)cc(Cl)c3)c(F)cc1O2. The maximum Gasteiger partial charge on any atom is 0.283 e. The van der Waals surface area contributed by atoms with Gasteiger partial charge in [0.2, 0.25) is 0 Å². The summed E-state index contributed by atoms with van der Waals surface area (Å²) in [5, 5.41) is 0.183. The zero-order valence-corrected chi connectivity index (χ0v) is 16.4. The highest BCUT2D eigenvalue weighted by atomic mass is 35.5. The first-order valence-electron chi connectivity index (χ1n) is 9.36. The third-order valence-electron chi connectivity index (χ3n) is 6.14. The summed E-state index contributed by atoms with van der Waals surface area (Å²) in [7, 11) is 0. The maximum absolute atomic E-state index is 15.1. The summed E-state index contributed by atoms with van der Waals surface area (Å²) in [6.07, 6.45) is 0.636. The molecule has 0 bridgehead atoms. The third kappa shape index (κ3) is 2.79. The Hall–Kier alpha value is -2.38. The summed E-state index contributed by atoms with van der Waals surface area (Å²) in [4.78, 5) is 4.64. The van der Waals surface area contributed by atoms with Gasteiger partial charge in [-0.25, -0.2) is 13.8 Å². The van der Waals surface area contributed by atoms with Crippen LogP contribution in [0.25, 0.3) is 11.1 Å². The van der Waals surface area contributed by atoms with E-state index in [1.54, 1.807) is 6.07 Å². The van der Waals surface area contributed by atoms with Crippen molar-refractivity contribution in [2.75, 3.05) is 19.8 Å². The number of hydrogen-bond donors (Lipinski definition) is 1. The van der Waals surface area contributed by atoms with E-state index < -0.39 is 22.8 Å². The molecule has 0 saturated carbocycles. The summed E-state index contributed by atoms with van der Waals surface area (Å²) in [6, 6.07) is 6.96. The number of nitrogens with zero attached hydrogens (tertiary/aromatic N) is 1. The molecule has 2 aromatic rings. The van der Waals surface area contributed by atoms with Crippen molar-refractivity contribution in [3.8, 4) is 16.9 Å². The van der Waals surface area contributed by atoms with Crippen LogP contribution in [0.3, 0.4) is 0 Å². The summed E-state index contributed by atoms with van der Waals surface area (Å²) < 4.78 is 46.5. The minimum absolute atomic E-state index is 0.0745. The summed E-state index contributed by atoms with van der Waals surface area (Å²) >= 11 is 5.98. The lowest BCUT2D eigenvalue weighted by Gasteiger charge is -2.52. The molecular weight excluding hydrogens is 402 g/mol. The highest BCUT2D eigenvalue weighted by molar-refractivity contribution is 6.30. The Kier molecular flexibility index (Phi) is 4.05. The van der Waals surface area contributed by atoms with Crippen molar-refractivity contribution in [2.45, 2.75) is 24.5 Å². The first kappa shape index (κ1) is 18.6. The number of fused-ring (bicyclic) bond motifs is 4. The fourth-order valence-corrected chi connectivity index (χ4v) is 4.92. The van der Waals surface area contributed by atoms with E-state index in [0.717, 1.165) is 0 Å². The Labute approximate surface area is 171 Å². The van der Waals surface area contributed by atoms with E-state index in [1.807, 2.05) is 6.92 Å². The van der Waals surface area contributed by atoms with E-state index in [-0.39, 0.29) is 29.1 Å². The lowest BCUT2D eigenvalue weighted by Crippen LogP contribution is -2.59. The quantitative estimate of drug-likeness (QED) is 0.757. The van der Waals surface area contributed by atoms with E-state index in [2.05, 4.69) is 4.99 Å². The molecule has 0 radical (unpaired) electrons. The molecule has 0 aromatic heterocycles. The Morgan fingerprint density at radius 1 is 1.21 bits per heavy atom. The molecule has 1 saturated heterocycles. The number of nitrogens with two attached hydrogens (primary N) is 1. The Balaban J connectivity index is 1.74. The van der Waals surface area contributed by atoms with Gasteiger partial charge in [-0.2, -0.15) is 0 Å². The fraction of sp³-hybridized carbons (Fsp3) is 0.381. The predicted molar refractivity (Wildman–Crippen MR) is 104 cm³/mol. The molecule has 0 unspecified atom stereocenters. The lowest BCUT2D eigenvalue weighted by atomic mass is 9.66. The third-order valence-corrected chi connectivity index (χ3v) is 6.36. The van der Waals surface area contributed by atoms with Gasteiger partial charge in [-0.15, -0.1) is 0 Å². The highest BCUT2D eigenvalue weighted by Gasteiger charge is 2.60. The zero-order valence-electron chi connectivity index (χ0n) is 15.7. The lowest BCUT2D eigenvalue weighted by molar-refractivity contribution is -0.129. The Bertz CT molecular complexity index is 1030. The molecule has 8 heteroatoms. The number of rotatable bonds is 1. The summed E-state index contributed by atoms with van der Waals surface area (Å²) in [5.74, 6) is -0.871. The van der Waals surface area contributed by atoms with Gasteiger partial charge >= 0.3 is 0 Å². The van der Waals surface area contributed by atoms with Gasteiger partial charge in [0, 0.05) is 28.6 Å². The molecule has 152 valence electrons. The molecular formula is C21H19ClF2N2O3. The normalized spacial score (nSPS) is 30.2. The molecule has 0 aliphatic carbocycles. The first-order chi connectivity index (χ1) is 13.8. The van der Waals surface area contributed by atoms with Crippen LogP contribution in [0.1, 0.15) is 18.9 Å². The molecule has 3 aliphatic rings. The topological polar surface area (TPSA) is 66.1 Å². The molecule has 29 heavy (non-hydrogen) atoms. The van der Waals surface area contributed by atoms with Crippen molar-refractivity contribution in [2.24, 2.45) is 16.6 Å². The molecule has 3 atom stereocenters. The van der Waals surface area contributed by atoms with Crippen molar-refractivity contribution in [3.05, 3.63) is 52.6 Å². The molecule has 5 nitrogen and oxygen atoms in total. The zero-order chi connectivity index (χ0) is 20.4. The van der Waals surface area contributed by atoms with Crippen molar-refractivity contribution in [1.29, 1.82) is 0 Å². The van der Waals surface area contributed by atoms with Crippen LogP contribution in [0.4, 0.5) is 8.78 Å². The second kappa shape index (κ2) is 6.31. The van der Waals surface area contributed by atoms with E-state index in [4.69, 9.17) is 31.5 Å². The van der Waals surface area contributed by atoms with Gasteiger partial charge in [-0.05, 0) is 36.8 Å². The van der Waals surface area contributed by atoms with Crippen molar-refractivity contribution in [3.63, 3.8) is 0 Å². The largest absolute Gasteiger partial charge is 0.486 e. The monoisotopic (exact) mass is 420 g/mol. The molecule has 3 heterocycles. The Morgan fingerprint density at radius 2 is 2.03 bits per heavy atom. The number of benzene rings is 2.